The molecular formula is C22H29FN4O2S. The molecule has 0 atom stereocenters. The van der Waals surface area contributed by atoms with E-state index in [4.69, 9.17) is 4.74 Å². The van der Waals surface area contributed by atoms with Gasteiger partial charge in [-0.15, -0.1) is 0 Å². The molecule has 1 amide bonds. The van der Waals surface area contributed by atoms with Crippen molar-refractivity contribution in [2.24, 2.45) is 4.99 Å². The number of benzene rings is 2. The summed E-state index contributed by atoms with van der Waals surface area (Å²) in [5.41, 5.74) is 2.88. The standard InChI is InChI=1S/C22H29FN4O2S/c1-4-24-22(26-13-17-7-8-19(23)11-18(17)15-30-3)27-14-21(28)25-12-16-5-9-20(29-2)10-6-16/h5-11H,4,12-15H2,1-3H3,(H,25,28)(H2,24,26,27). The summed E-state index contributed by atoms with van der Waals surface area (Å²) in [5, 5.41) is 9.03. The summed E-state index contributed by atoms with van der Waals surface area (Å²) in [5.74, 6) is 1.66. The third-order valence-corrected chi connectivity index (χ3v) is 4.88. The number of nitrogens with zero attached hydrogens (tertiary/aromatic N) is 1. The number of carbonyl (C=O) groups excluding carboxylic acids is 1. The monoisotopic (exact) mass is 432 g/mol. The van der Waals surface area contributed by atoms with Crippen LogP contribution in [0.1, 0.15) is 23.6 Å². The van der Waals surface area contributed by atoms with Gasteiger partial charge in [0.2, 0.25) is 5.91 Å². The molecule has 0 spiro atoms. The maximum Gasteiger partial charge on any atom is 0.239 e. The van der Waals surface area contributed by atoms with Crippen LogP contribution in [-0.2, 0) is 23.6 Å². The molecule has 0 aliphatic rings. The van der Waals surface area contributed by atoms with Gasteiger partial charge in [-0.1, -0.05) is 18.2 Å². The van der Waals surface area contributed by atoms with Crippen LogP contribution in [-0.4, -0.2) is 38.3 Å². The summed E-state index contributed by atoms with van der Waals surface area (Å²) in [4.78, 5) is 16.7. The van der Waals surface area contributed by atoms with Gasteiger partial charge in [-0.3, -0.25) is 4.79 Å². The van der Waals surface area contributed by atoms with E-state index in [2.05, 4.69) is 20.9 Å². The summed E-state index contributed by atoms with van der Waals surface area (Å²) in [6.45, 7) is 3.56. The highest BCUT2D eigenvalue weighted by Gasteiger charge is 2.07. The van der Waals surface area contributed by atoms with Crippen LogP contribution in [0.2, 0.25) is 0 Å². The molecule has 0 saturated heterocycles. The van der Waals surface area contributed by atoms with Gasteiger partial charge in [0.25, 0.3) is 0 Å². The van der Waals surface area contributed by atoms with Crippen molar-refractivity contribution in [2.75, 3.05) is 26.5 Å². The van der Waals surface area contributed by atoms with Crippen molar-refractivity contribution in [3.8, 4) is 5.75 Å². The molecule has 6 nitrogen and oxygen atoms in total. The Morgan fingerprint density at radius 3 is 2.53 bits per heavy atom. The van der Waals surface area contributed by atoms with Crippen molar-refractivity contribution >= 4 is 23.6 Å². The molecule has 0 aliphatic heterocycles. The SMILES string of the molecule is CCNC(=NCc1ccc(F)cc1CSC)NCC(=O)NCc1ccc(OC)cc1. The number of halogens is 1. The molecule has 0 heterocycles. The minimum absolute atomic E-state index is 0.100. The lowest BCUT2D eigenvalue weighted by atomic mass is 10.1. The van der Waals surface area contributed by atoms with Crippen LogP contribution >= 0.6 is 11.8 Å². The quantitative estimate of drug-likeness (QED) is 0.397. The number of aliphatic imine (C=N–C) groups is 1. The van der Waals surface area contributed by atoms with E-state index < -0.39 is 0 Å². The van der Waals surface area contributed by atoms with Crippen molar-refractivity contribution < 1.29 is 13.9 Å². The number of hydrogen-bond donors (Lipinski definition) is 3. The predicted molar refractivity (Wildman–Crippen MR) is 121 cm³/mol. The second-order valence-corrected chi connectivity index (χ2v) is 7.39. The van der Waals surface area contributed by atoms with Gasteiger partial charge in [0.05, 0.1) is 20.2 Å². The number of carbonyl (C=O) groups is 1. The molecule has 0 unspecified atom stereocenters. The number of ether oxygens (including phenoxy) is 1. The molecule has 0 fully saturated rings. The Labute approximate surface area is 181 Å². The zero-order valence-corrected chi connectivity index (χ0v) is 18.4. The predicted octanol–water partition coefficient (Wildman–Crippen LogP) is 3.07. The normalized spacial score (nSPS) is 11.1. The smallest absolute Gasteiger partial charge is 0.239 e. The van der Waals surface area contributed by atoms with Gasteiger partial charge >= 0.3 is 0 Å². The van der Waals surface area contributed by atoms with Crippen LogP contribution < -0.4 is 20.7 Å². The van der Waals surface area contributed by atoms with Gasteiger partial charge in [0.1, 0.15) is 11.6 Å². The number of guanidine groups is 1. The summed E-state index contributed by atoms with van der Waals surface area (Å²) in [6, 6.07) is 12.3. The van der Waals surface area contributed by atoms with Crippen molar-refractivity contribution in [2.45, 2.75) is 25.8 Å². The van der Waals surface area contributed by atoms with Crippen LogP contribution in [0.25, 0.3) is 0 Å². The first-order valence-corrected chi connectivity index (χ1v) is 11.1. The van der Waals surface area contributed by atoms with Crippen molar-refractivity contribution in [1.82, 2.24) is 16.0 Å². The zero-order chi connectivity index (χ0) is 21.8. The molecule has 2 rings (SSSR count). The Bertz CT molecular complexity index is 844. The Morgan fingerprint density at radius 2 is 1.87 bits per heavy atom. The molecule has 0 bridgehead atoms. The Morgan fingerprint density at radius 1 is 1.10 bits per heavy atom. The number of amides is 1. The van der Waals surface area contributed by atoms with Crippen molar-refractivity contribution in [3.05, 3.63) is 65.0 Å². The maximum atomic E-state index is 13.5. The summed E-state index contributed by atoms with van der Waals surface area (Å²) < 4.78 is 18.6. The minimum atomic E-state index is -0.245. The Balaban J connectivity index is 1.89. The van der Waals surface area contributed by atoms with E-state index >= 15 is 0 Å². The van der Waals surface area contributed by atoms with E-state index in [1.54, 1.807) is 31.0 Å². The topological polar surface area (TPSA) is 74.8 Å². The lowest BCUT2D eigenvalue weighted by molar-refractivity contribution is -0.120. The number of nitrogens with one attached hydrogen (secondary N) is 3. The lowest BCUT2D eigenvalue weighted by Crippen LogP contribution is -2.43. The zero-order valence-electron chi connectivity index (χ0n) is 17.6. The number of hydrogen-bond acceptors (Lipinski definition) is 4. The van der Waals surface area contributed by atoms with E-state index in [1.165, 1.54) is 6.07 Å². The highest BCUT2D eigenvalue weighted by Crippen LogP contribution is 2.17. The number of methoxy groups -OCH3 is 1. The summed E-state index contributed by atoms with van der Waals surface area (Å²) in [6.07, 6.45) is 1.98. The Hall–Kier alpha value is -2.74. The molecule has 0 saturated carbocycles. The summed E-state index contributed by atoms with van der Waals surface area (Å²) in [7, 11) is 1.62. The maximum absolute atomic E-state index is 13.5. The van der Waals surface area contributed by atoms with Gasteiger partial charge in [-0.2, -0.15) is 11.8 Å². The average Bonchev–Trinajstić information content (AvgIpc) is 2.75. The molecule has 2 aromatic carbocycles. The summed E-state index contributed by atoms with van der Waals surface area (Å²) >= 11 is 1.64. The number of rotatable bonds is 10. The lowest BCUT2D eigenvalue weighted by Gasteiger charge is -2.13. The first-order valence-electron chi connectivity index (χ1n) is 9.73. The first-order chi connectivity index (χ1) is 14.5. The highest BCUT2D eigenvalue weighted by atomic mass is 32.2. The van der Waals surface area contributed by atoms with E-state index in [0.717, 1.165) is 28.2 Å². The van der Waals surface area contributed by atoms with Gasteiger partial charge in [-0.05, 0) is 54.1 Å². The van der Waals surface area contributed by atoms with Crippen LogP contribution in [0.15, 0.2) is 47.5 Å². The largest absolute Gasteiger partial charge is 0.497 e. The second-order valence-electron chi connectivity index (χ2n) is 6.52. The van der Waals surface area contributed by atoms with E-state index in [9.17, 15) is 9.18 Å². The van der Waals surface area contributed by atoms with Gasteiger partial charge in [0.15, 0.2) is 5.96 Å². The molecular weight excluding hydrogens is 403 g/mol. The number of thioether (sulfide) groups is 1. The second kappa shape index (κ2) is 12.7. The molecule has 2 aromatic rings. The minimum Gasteiger partial charge on any atom is -0.497 e. The van der Waals surface area contributed by atoms with E-state index in [1.807, 2.05) is 37.4 Å². The van der Waals surface area contributed by atoms with Crippen LogP contribution in [0, 0.1) is 5.82 Å². The molecule has 0 radical (unpaired) electrons. The van der Waals surface area contributed by atoms with Gasteiger partial charge < -0.3 is 20.7 Å². The Kier molecular flexibility index (Phi) is 10.00. The molecule has 0 aliphatic carbocycles. The molecule has 30 heavy (non-hydrogen) atoms. The fourth-order valence-corrected chi connectivity index (χ4v) is 3.29. The van der Waals surface area contributed by atoms with Crippen LogP contribution in [0.3, 0.4) is 0 Å². The van der Waals surface area contributed by atoms with Gasteiger partial charge in [-0.25, -0.2) is 9.38 Å². The third kappa shape index (κ3) is 7.94. The molecule has 162 valence electrons. The average molecular weight is 433 g/mol. The van der Waals surface area contributed by atoms with Crippen LogP contribution in [0.4, 0.5) is 4.39 Å². The third-order valence-electron chi connectivity index (χ3n) is 4.29. The first kappa shape index (κ1) is 23.5. The van der Waals surface area contributed by atoms with Crippen molar-refractivity contribution in [3.63, 3.8) is 0 Å². The highest BCUT2D eigenvalue weighted by molar-refractivity contribution is 7.97. The fraction of sp³-hybridized carbons (Fsp3) is 0.364. The van der Waals surface area contributed by atoms with E-state index in [-0.39, 0.29) is 18.3 Å². The van der Waals surface area contributed by atoms with E-state index in [0.29, 0.717) is 25.6 Å². The molecule has 8 heteroatoms. The molecule has 3 N–H and O–H groups in total. The van der Waals surface area contributed by atoms with Gasteiger partial charge in [0, 0.05) is 18.8 Å². The fourth-order valence-electron chi connectivity index (χ4n) is 2.72. The van der Waals surface area contributed by atoms with Crippen molar-refractivity contribution in [1.29, 1.82) is 0 Å². The van der Waals surface area contributed by atoms with Crippen LogP contribution in [0.5, 0.6) is 5.75 Å². The molecule has 0 aromatic heterocycles.